The minimum Gasteiger partial charge on any atom is -0.486 e. The molecule has 0 atom stereocenters. The molecule has 0 saturated carbocycles. The highest BCUT2D eigenvalue weighted by molar-refractivity contribution is 7.09. The van der Waals surface area contributed by atoms with Crippen molar-refractivity contribution in [2.75, 3.05) is 25.1 Å². The number of benzene rings is 1. The summed E-state index contributed by atoms with van der Waals surface area (Å²) in [7, 11) is 0. The van der Waals surface area contributed by atoms with E-state index < -0.39 is 0 Å². The number of aromatic nitrogens is 1. The molecule has 2 heterocycles. The number of amides is 1. The van der Waals surface area contributed by atoms with Crippen LogP contribution < -0.4 is 20.5 Å². The predicted molar refractivity (Wildman–Crippen MR) is 87.5 cm³/mol. The number of para-hydroxylation sites is 1. The number of ether oxygens (including phenoxy) is 2. The van der Waals surface area contributed by atoms with Crippen LogP contribution in [0.25, 0.3) is 0 Å². The third kappa shape index (κ3) is 3.49. The minimum atomic E-state index is -0.267. The van der Waals surface area contributed by atoms with E-state index in [1.165, 1.54) is 11.3 Å². The number of thiazole rings is 1. The zero-order valence-electron chi connectivity index (χ0n) is 11.7. The molecule has 6 nitrogen and oxygen atoms in total. The summed E-state index contributed by atoms with van der Waals surface area (Å²) >= 11 is 1.43. The van der Waals surface area contributed by atoms with Crippen LogP contribution in [0.2, 0.25) is 0 Å². The fraction of sp³-hybridized carbons (Fsp3) is 0.286. The zero-order valence-corrected chi connectivity index (χ0v) is 13.3. The van der Waals surface area contributed by atoms with E-state index in [1.807, 2.05) is 12.1 Å². The van der Waals surface area contributed by atoms with Crippen molar-refractivity contribution in [3.63, 3.8) is 0 Å². The fourth-order valence-electron chi connectivity index (χ4n) is 2.01. The Morgan fingerprint density at radius 2 is 2.18 bits per heavy atom. The number of hydrogen-bond donors (Lipinski definition) is 2. The Morgan fingerprint density at radius 3 is 3.00 bits per heavy atom. The first-order valence-corrected chi connectivity index (χ1v) is 7.50. The van der Waals surface area contributed by atoms with Crippen LogP contribution in [0.4, 0.5) is 5.69 Å². The highest BCUT2D eigenvalue weighted by Crippen LogP contribution is 2.37. The molecule has 0 unspecified atom stereocenters. The van der Waals surface area contributed by atoms with Crippen LogP contribution >= 0.6 is 23.7 Å². The van der Waals surface area contributed by atoms with E-state index in [1.54, 1.807) is 11.4 Å². The molecule has 1 aliphatic rings. The summed E-state index contributed by atoms with van der Waals surface area (Å²) in [5, 5.41) is 5.40. The topological polar surface area (TPSA) is 86.5 Å². The summed E-state index contributed by atoms with van der Waals surface area (Å²) in [4.78, 5) is 16.5. The van der Waals surface area contributed by atoms with Crippen molar-refractivity contribution in [3.8, 4) is 11.5 Å². The van der Waals surface area contributed by atoms with Crippen molar-refractivity contribution < 1.29 is 14.3 Å². The van der Waals surface area contributed by atoms with Gasteiger partial charge in [0, 0.05) is 11.8 Å². The van der Waals surface area contributed by atoms with Gasteiger partial charge >= 0.3 is 0 Å². The molecule has 1 aromatic carbocycles. The predicted octanol–water partition coefficient (Wildman–Crippen LogP) is 2.09. The van der Waals surface area contributed by atoms with Crippen LogP contribution in [0.1, 0.15) is 15.5 Å². The van der Waals surface area contributed by atoms with Gasteiger partial charge in [-0.05, 0) is 18.7 Å². The SMILES string of the molecule is Cl.NCCc1nc(C(=O)Nc2cccc3c2OCCO3)cs1. The molecule has 0 spiro atoms. The molecule has 2 aromatic rings. The Balaban J connectivity index is 0.00000176. The number of hydrogen-bond acceptors (Lipinski definition) is 6. The number of anilines is 1. The lowest BCUT2D eigenvalue weighted by Gasteiger charge is -2.20. The van der Waals surface area contributed by atoms with Gasteiger partial charge in [0.1, 0.15) is 18.9 Å². The van der Waals surface area contributed by atoms with Gasteiger partial charge in [0.15, 0.2) is 11.5 Å². The highest BCUT2D eigenvalue weighted by Gasteiger charge is 2.18. The normalized spacial score (nSPS) is 12.4. The van der Waals surface area contributed by atoms with Gasteiger partial charge in [-0.2, -0.15) is 0 Å². The molecule has 118 valence electrons. The van der Waals surface area contributed by atoms with Crippen LogP contribution in [0.3, 0.4) is 0 Å². The van der Waals surface area contributed by atoms with Gasteiger partial charge in [0.2, 0.25) is 0 Å². The molecule has 0 aliphatic carbocycles. The molecule has 0 saturated heterocycles. The lowest BCUT2D eigenvalue weighted by molar-refractivity contribution is 0.102. The first-order chi connectivity index (χ1) is 10.3. The second-order valence-electron chi connectivity index (χ2n) is 4.45. The van der Waals surface area contributed by atoms with Crippen molar-refractivity contribution in [3.05, 3.63) is 34.3 Å². The molecule has 0 bridgehead atoms. The average molecular weight is 342 g/mol. The summed E-state index contributed by atoms with van der Waals surface area (Å²) in [6, 6.07) is 5.40. The molecule has 1 amide bonds. The van der Waals surface area contributed by atoms with Gasteiger partial charge < -0.3 is 20.5 Å². The molecule has 22 heavy (non-hydrogen) atoms. The third-order valence-electron chi connectivity index (χ3n) is 2.96. The molecular weight excluding hydrogens is 326 g/mol. The maximum atomic E-state index is 12.2. The smallest absolute Gasteiger partial charge is 0.275 e. The number of carbonyl (C=O) groups excluding carboxylic acids is 1. The highest BCUT2D eigenvalue weighted by atomic mass is 35.5. The molecule has 3 N–H and O–H groups in total. The molecule has 0 fully saturated rings. The summed E-state index contributed by atoms with van der Waals surface area (Å²) in [6.45, 7) is 1.50. The van der Waals surface area contributed by atoms with E-state index in [4.69, 9.17) is 15.2 Å². The van der Waals surface area contributed by atoms with Crippen molar-refractivity contribution in [2.45, 2.75) is 6.42 Å². The van der Waals surface area contributed by atoms with E-state index in [2.05, 4.69) is 10.3 Å². The number of halogens is 1. The van der Waals surface area contributed by atoms with E-state index in [0.29, 0.717) is 49.1 Å². The summed E-state index contributed by atoms with van der Waals surface area (Å²) < 4.78 is 11.0. The Hall–Kier alpha value is -1.83. The number of carbonyl (C=O) groups is 1. The quantitative estimate of drug-likeness (QED) is 0.889. The maximum absolute atomic E-state index is 12.2. The molecule has 1 aliphatic heterocycles. The van der Waals surface area contributed by atoms with Crippen molar-refractivity contribution in [1.29, 1.82) is 0 Å². The van der Waals surface area contributed by atoms with E-state index in [-0.39, 0.29) is 18.3 Å². The molecule has 0 radical (unpaired) electrons. The van der Waals surface area contributed by atoms with Gasteiger partial charge in [-0.3, -0.25) is 4.79 Å². The first kappa shape index (κ1) is 16.5. The van der Waals surface area contributed by atoms with Crippen LogP contribution in [0.15, 0.2) is 23.6 Å². The van der Waals surface area contributed by atoms with Crippen molar-refractivity contribution in [1.82, 2.24) is 4.98 Å². The molecular formula is C14H16ClN3O3S. The van der Waals surface area contributed by atoms with Gasteiger partial charge in [-0.15, -0.1) is 23.7 Å². The first-order valence-electron chi connectivity index (χ1n) is 6.62. The summed E-state index contributed by atoms with van der Waals surface area (Å²) in [6.07, 6.45) is 0.676. The largest absolute Gasteiger partial charge is 0.486 e. The lowest BCUT2D eigenvalue weighted by atomic mass is 10.2. The third-order valence-corrected chi connectivity index (χ3v) is 3.87. The number of nitrogens with one attached hydrogen (secondary N) is 1. The van der Waals surface area contributed by atoms with Crippen molar-refractivity contribution >= 4 is 35.3 Å². The molecule has 3 rings (SSSR count). The van der Waals surface area contributed by atoms with Crippen LogP contribution in [-0.4, -0.2) is 30.6 Å². The number of nitrogens with zero attached hydrogens (tertiary/aromatic N) is 1. The Morgan fingerprint density at radius 1 is 1.36 bits per heavy atom. The van der Waals surface area contributed by atoms with E-state index in [0.717, 1.165) is 5.01 Å². The second-order valence-corrected chi connectivity index (χ2v) is 5.39. The fourth-order valence-corrected chi connectivity index (χ4v) is 2.81. The molecule has 1 aromatic heterocycles. The van der Waals surface area contributed by atoms with Crippen LogP contribution in [0.5, 0.6) is 11.5 Å². The van der Waals surface area contributed by atoms with Gasteiger partial charge in [0.05, 0.1) is 10.7 Å². The average Bonchev–Trinajstić information content (AvgIpc) is 2.97. The lowest BCUT2D eigenvalue weighted by Crippen LogP contribution is -2.19. The van der Waals surface area contributed by atoms with Gasteiger partial charge in [-0.1, -0.05) is 6.07 Å². The summed E-state index contributed by atoms with van der Waals surface area (Å²) in [5.41, 5.74) is 6.46. The maximum Gasteiger partial charge on any atom is 0.275 e. The Bertz CT molecular complexity index is 663. The minimum absolute atomic E-state index is 0. The second kappa shape index (κ2) is 7.44. The van der Waals surface area contributed by atoms with Gasteiger partial charge in [0.25, 0.3) is 5.91 Å². The summed E-state index contributed by atoms with van der Waals surface area (Å²) in [5.74, 6) is 0.938. The molecule has 8 heteroatoms. The van der Waals surface area contributed by atoms with Crippen LogP contribution in [0, 0.1) is 0 Å². The monoisotopic (exact) mass is 341 g/mol. The van der Waals surface area contributed by atoms with Crippen molar-refractivity contribution in [2.24, 2.45) is 5.73 Å². The number of fused-ring (bicyclic) bond motifs is 1. The number of nitrogens with two attached hydrogens (primary N) is 1. The van der Waals surface area contributed by atoms with E-state index in [9.17, 15) is 4.79 Å². The standard InChI is InChI=1S/C14H15N3O3S.ClH/c15-5-4-12-16-10(8-21-12)14(18)17-9-2-1-3-11-13(9)20-7-6-19-11;/h1-3,8H,4-7,15H2,(H,17,18);1H. The zero-order chi connectivity index (χ0) is 14.7. The Kier molecular flexibility index (Phi) is 5.59. The number of rotatable bonds is 4. The Labute approximate surface area is 138 Å². The van der Waals surface area contributed by atoms with Gasteiger partial charge in [-0.25, -0.2) is 4.98 Å². The van der Waals surface area contributed by atoms with E-state index >= 15 is 0 Å². The van der Waals surface area contributed by atoms with Crippen LogP contribution in [-0.2, 0) is 6.42 Å².